The maximum Gasteiger partial charge on any atom is 0.329 e. The number of esters is 2. The van der Waals surface area contributed by atoms with E-state index < -0.39 is 126 Å². The monoisotopic (exact) mass is 1620 g/mol. The van der Waals surface area contributed by atoms with E-state index in [9.17, 15) is 63.6 Å². The highest BCUT2D eigenvalue weighted by molar-refractivity contribution is 6.39. The average molecular weight is 1620 g/mol. The third-order valence-corrected chi connectivity index (χ3v) is 24.6. The largest absolute Gasteiger partial charge is 0.508 e. The summed E-state index contributed by atoms with van der Waals surface area (Å²) in [5.41, 5.74) is 5.88. The average Bonchev–Trinajstić information content (AvgIpc) is 0.775. The SMILES string of the molecule is C/C(=C\C(C)C)[C@@H]1C/C=C/C=C/[C@@H](O)C(C)[C@@H](C)CC(=O)N[C@@H](C(C)C)C(=O)N[C@@H](Cc2cccc(O)c2)C(=O)N2CCC[C@H](N2)C(=O)O1.CO[C@H]1C[C@@H]2CC[C@@H](C)[C@@](O)(O2)C(=O)C(=O)N2CCCC[C@H]2C(=O)O[C@H]([C@H](C)C[C@@H]2CC[C@@H](C(C)C)[C@H](OC)C2)CC(=O)[C@H](C)/C=C(\C)[C@@H](O)[C@@H](OC)C(=O)[C@H](C)C[C@H](C)/C=C/C=C/C=C/1C. The molecular formula is C92H141N5O19. The van der Waals surface area contributed by atoms with Crippen molar-refractivity contribution < 1.29 is 92.0 Å². The van der Waals surface area contributed by atoms with Crippen LogP contribution in [0.5, 0.6) is 5.75 Å². The van der Waals surface area contributed by atoms with Gasteiger partial charge in [0.1, 0.15) is 60.1 Å². The van der Waals surface area contributed by atoms with Crippen molar-refractivity contribution in [2.45, 2.75) is 299 Å². The number of phenols is 1. The molecule has 4 bridgehead atoms. The van der Waals surface area contributed by atoms with Gasteiger partial charge in [-0.15, -0.1) is 0 Å². The van der Waals surface area contributed by atoms with E-state index in [1.54, 1.807) is 71.4 Å². The number of phenolic OH excluding ortho intramolecular Hbond substituents is 1. The molecular weight excluding hydrogens is 1480 g/mol. The van der Waals surface area contributed by atoms with Crippen LogP contribution in [0.2, 0.25) is 0 Å². The van der Waals surface area contributed by atoms with Gasteiger partial charge in [-0.1, -0.05) is 169 Å². The number of nitrogens with one attached hydrogen (secondary N) is 3. The van der Waals surface area contributed by atoms with Crippen LogP contribution in [0.1, 0.15) is 219 Å². The lowest BCUT2D eigenvalue weighted by Crippen LogP contribution is -2.62. The Balaban J connectivity index is 0.000000379. The lowest BCUT2D eigenvalue weighted by molar-refractivity contribution is -0.265. The molecule has 5 aliphatic heterocycles. The number of ether oxygens (including phenoxy) is 6. The maximum atomic E-state index is 14.5. The van der Waals surface area contributed by atoms with Crippen LogP contribution in [0.15, 0.2) is 108 Å². The lowest BCUT2D eigenvalue weighted by Gasteiger charge is -2.42. The first-order chi connectivity index (χ1) is 54.8. The van der Waals surface area contributed by atoms with Crippen LogP contribution >= 0.6 is 0 Å². The third-order valence-electron chi connectivity index (χ3n) is 24.6. The second kappa shape index (κ2) is 46.9. The maximum absolute atomic E-state index is 14.5. The molecule has 0 radical (unpaired) electrons. The Hall–Kier alpha value is -7.29. The van der Waals surface area contributed by atoms with Gasteiger partial charge in [-0.25, -0.2) is 10.2 Å². The molecule has 3 saturated heterocycles. The highest BCUT2D eigenvalue weighted by Gasteiger charge is 2.53. The van der Waals surface area contributed by atoms with Crippen molar-refractivity contribution in [1.29, 1.82) is 0 Å². The standard InChI is InChI=1S/C54H85NO12.C38H56N4O7/c1-32(2)42-24-22-40(29-47(42)64-11)28-36(6)46-31-44(56)35(5)27-38(8)49(58)50(65-12)48(57)37(7)26-33(3)18-14-13-15-19-34(4)45(63-10)30-41-23-21-39(9)54(62,67-41)51(59)52(60)55-25-17-16-20-43(55)53(61)66-46;1-23(2)19-26(6)33-17-10-8-9-16-32(44)27(7)25(5)20-34(45)40-35(24(3)4)36(46)39-31(22-28-13-11-14-29(43)21-28)37(47)42-18-12-15-30(41-42)38(48)49-33/h13-15,18-19,27,32-33,35-37,39-43,45-47,49-50,58,62H,16-17,20-26,28-31H2,1-12H3;8-11,13-14,16,19,21,23-25,27,30-33,35,41,43-44H,12,15,17-18,20,22H2,1-7H3,(H,39,46)(H,40,45)/b15-13+,18-14+,34-19+,38-27+;10-8+,16-9+,26-19+/t33-,35-,36-,37-,39-,40+,41+,42+,43+,45+,46+,47-,49-,50+,54-;25-,27?,30-,31-,32+,33-,35-/m10/s1. The zero-order valence-corrected chi connectivity index (χ0v) is 72.8. The molecule has 0 aromatic heterocycles. The Morgan fingerprint density at radius 1 is 0.733 bits per heavy atom. The van der Waals surface area contributed by atoms with Crippen LogP contribution in [0.3, 0.4) is 0 Å². The number of rotatable bonds is 12. The number of hydrogen-bond acceptors (Lipinski definition) is 20. The molecule has 1 aromatic carbocycles. The molecule has 7 N–H and O–H groups in total. The molecule has 24 heteroatoms. The Morgan fingerprint density at radius 3 is 2.11 bits per heavy atom. The van der Waals surface area contributed by atoms with Crippen molar-refractivity contribution in [2.75, 3.05) is 34.4 Å². The second-order valence-electron chi connectivity index (χ2n) is 35.1. The Labute approximate surface area is 690 Å². The van der Waals surface area contributed by atoms with Gasteiger partial charge in [-0.2, -0.15) is 0 Å². The van der Waals surface area contributed by atoms with E-state index in [4.69, 9.17) is 28.4 Å². The number of cyclic esters (lactones) is 2. The molecule has 1 saturated carbocycles. The minimum absolute atomic E-state index is 0.0241. The van der Waals surface area contributed by atoms with Crippen molar-refractivity contribution in [1.82, 2.24) is 26.0 Å². The molecule has 22 atom stereocenters. The van der Waals surface area contributed by atoms with Crippen molar-refractivity contribution in [3.8, 4) is 5.75 Å². The van der Waals surface area contributed by atoms with Gasteiger partial charge in [-0.3, -0.25) is 43.4 Å². The van der Waals surface area contributed by atoms with Gasteiger partial charge in [-0.05, 0) is 185 Å². The number of aliphatic hydroxyl groups is 3. The van der Waals surface area contributed by atoms with Crippen molar-refractivity contribution in [3.63, 3.8) is 0 Å². The summed E-state index contributed by atoms with van der Waals surface area (Å²) < 4.78 is 36.0. The number of benzene rings is 1. The number of hydrogen-bond donors (Lipinski definition) is 7. The normalized spacial score (nSPS) is 35.6. The Morgan fingerprint density at radius 2 is 1.45 bits per heavy atom. The molecule has 6 aliphatic rings. The molecule has 1 aliphatic carbocycles. The highest BCUT2D eigenvalue weighted by Crippen LogP contribution is 2.41. The number of Topliss-reactive ketones (excluding diaryl/α,β-unsaturated/α-hetero) is 3. The van der Waals surface area contributed by atoms with Gasteiger partial charge in [0.25, 0.3) is 17.6 Å². The van der Waals surface area contributed by atoms with Gasteiger partial charge in [0, 0.05) is 84.3 Å². The Bertz CT molecular complexity index is 3650. The summed E-state index contributed by atoms with van der Waals surface area (Å²) in [7, 11) is 4.73. The number of aromatic hydroxyl groups is 1. The summed E-state index contributed by atoms with van der Waals surface area (Å²) in [4.78, 5) is 127. The van der Waals surface area contributed by atoms with Crippen LogP contribution < -0.4 is 16.1 Å². The molecule has 4 fully saturated rings. The molecule has 4 amide bonds. The van der Waals surface area contributed by atoms with Gasteiger partial charge in [0.05, 0.1) is 24.4 Å². The fourth-order valence-electron chi connectivity index (χ4n) is 17.0. The topological polar surface area (TPSA) is 332 Å². The van der Waals surface area contributed by atoms with E-state index in [0.717, 1.165) is 30.4 Å². The third kappa shape index (κ3) is 28.5. The van der Waals surface area contributed by atoms with E-state index in [2.05, 4.69) is 49.8 Å². The van der Waals surface area contributed by atoms with E-state index in [1.165, 1.54) is 29.2 Å². The van der Waals surface area contributed by atoms with Crippen LogP contribution in [0, 0.1) is 71.0 Å². The number of allylic oxidation sites excluding steroid dienone is 9. The number of fused-ring (bicyclic) bond motifs is 5. The van der Waals surface area contributed by atoms with E-state index >= 15 is 0 Å². The summed E-state index contributed by atoms with van der Waals surface area (Å²) in [6.45, 7) is 31.1. The molecule has 1 unspecified atom stereocenters. The lowest BCUT2D eigenvalue weighted by atomic mass is 9.72. The quantitative estimate of drug-likeness (QED) is 0.0581. The van der Waals surface area contributed by atoms with Crippen molar-refractivity contribution in [2.24, 2.45) is 71.0 Å². The number of amides is 4. The van der Waals surface area contributed by atoms with Gasteiger partial charge in [0.2, 0.25) is 17.6 Å². The summed E-state index contributed by atoms with van der Waals surface area (Å²) in [6.07, 6.45) is 23.0. The van der Waals surface area contributed by atoms with Crippen LogP contribution in [0.25, 0.3) is 0 Å². The number of carbonyl (C=O) groups is 9. The fourth-order valence-corrected chi connectivity index (χ4v) is 17.0. The van der Waals surface area contributed by atoms with Crippen LogP contribution in [-0.4, -0.2) is 196 Å². The van der Waals surface area contributed by atoms with E-state index in [1.807, 2.05) is 98.8 Å². The van der Waals surface area contributed by atoms with Gasteiger partial charge in [0.15, 0.2) is 5.78 Å². The second-order valence-corrected chi connectivity index (χ2v) is 35.1. The highest BCUT2D eigenvalue weighted by atomic mass is 16.6. The summed E-state index contributed by atoms with van der Waals surface area (Å²) in [6, 6.07) is 2.56. The van der Waals surface area contributed by atoms with Crippen LogP contribution in [0.4, 0.5) is 0 Å². The van der Waals surface area contributed by atoms with Gasteiger partial charge < -0.3 is 64.4 Å². The minimum Gasteiger partial charge on any atom is -0.508 e. The molecule has 0 spiro atoms. The predicted octanol–water partition coefficient (Wildman–Crippen LogP) is 12.2. The number of nitrogens with zero attached hydrogens (tertiary/aromatic N) is 2. The molecule has 5 heterocycles. The smallest absolute Gasteiger partial charge is 0.329 e. The summed E-state index contributed by atoms with van der Waals surface area (Å²) in [5, 5.41) is 51.4. The summed E-state index contributed by atoms with van der Waals surface area (Å²) in [5.74, 6) is -8.90. The zero-order chi connectivity index (χ0) is 86.0. The van der Waals surface area contributed by atoms with E-state index in [-0.39, 0.29) is 103 Å². The molecule has 116 heavy (non-hydrogen) atoms. The van der Waals surface area contributed by atoms with Crippen LogP contribution in [-0.2, 0) is 78.0 Å². The molecule has 24 nitrogen and oxygen atoms in total. The first-order valence-corrected chi connectivity index (χ1v) is 42.7. The molecule has 7 rings (SSSR count). The minimum atomic E-state index is -2.41. The van der Waals surface area contributed by atoms with Crippen molar-refractivity contribution in [3.05, 3.63) is 113 Å². The first-order valence-electron chi connectivity index (χ1n) is 42.7. The van der Waals surface area contributed by atoms with E-state index in [0.29, 0.717) is 93.7 Å². The fraction of sp³-hybridized carbons (Fsp3) is 0.685. The Kier molecular flexibility index (Phi) is 39.4. The number of methoxy groups -OCH3 is 3. The number of aliphatic hydroxyl groups excluding tert-OH is 2. The first kappa shape index (κ1) is 97.5. The number of ketones is 3. The van der Waals surface area contributed by atoms with Crippen molar-refractivity contribution >= 4 is 52.9 Å². The number of hydrazine groups is 1. The molecule has 1 aromatic rings. The number of piperidine rings is 1. The summed E-state index contributed by atoms with van der Waals surface area (Å²) >= 11 is 0. The molecule has 648 valence electrons. The number of carbonyl (C=O) groups excluding carboxylic acids is 9. The zero-order valence-electron chi connectivity index (χ0n) is 72.8. The predicted molar refractivity (Wildman–Crippen MR) is 446 cm³/mol. The van der Waals surface area contributed by atoms with Gasteiger partial charge >= 0.3 is 11.9 Å².